The smallest absolute Gasteiger partial charge is 0.337 e. The maximum absolute atomic E-state index is 14.4. The highest BCUT2D eigenvalue weighted by Gasteiger charge is 2.37. The zero-order chi connectivity index (χ0) is 33.5. The zero-order valence-electron chi connectivity index (χ0n) is 28.0. The molecule has 0 unspecified atom stereocenters. The highest BCUT2D eigenvalue weighted by atomic mass is 19.1. The first kappa shape index (κ1) is 32.7. The van der Waals surface area contributed by atoms with E-state index in [-0.39, 0.29) is 17.5 Å². The first-order chi connectivity index (χ1) is 22.3. The van der Waals surface area contributed by atoms with Crippen molar-refractivity contribution in [2.24, 2.45) is 0 Å². The summed E-state index contributed by atoms with van der Waals surface area (Å²) in [5, 5.41) is 10.5. The number of anilines is 1. The Morgan fingerprint density at radius 1 is 1.11 bits per heavy atom. The number of fused-ring (bicyclic) bond motifs is 7. The van der Waals surface area contributed by atoms with Gasteiger partial charge >= 0.3 is 5.97 Å². The molecule has 3 aliphatic heterocycles. The number of imidazole rings is 1. The molecule has 5 heterocycles. The maximum atomic E-state index is 14.4. The molecule has 0 radical (unpaired) electrons. The number of nitrogens with zero attached hydrogens (tertiary/aromatic N) is 3. The lowest BCUT2D eigenvalue weighted by molar-refractivity contribution is -0.160. The molecule has 7 rings (SSSR count). The van der Waals surface area contributed by atoms with E-state index in [1.54, 1.807) is 6.07 Å². The van der Waals surface area contributed by atoms with E-state index in [2.05, 4.69) is 11.8 Å². The lowest BCUT2D eigenvalue weighted by Gasteiger charge is -2.41. The van der Waals surface area contributed by atoms with Crippen molar-refractivity contribution in [2.45, 2.75) is 84.2 Å². The molecule has 0 spiro atoms. The van der Waals surface area contributed by atoms with Gasteiger partial charge in [0.05, 0.1) is 29.6 Å². The molecule has 1 saturated heterocycles. The van der Waals surface area contributed by atoms with Crippen LogP contribution in [0.15, 0.2) is 66.9 Å². The SMILES string of the molecule is Cc1cc2nc3cn2c(c1[C@H](OC(C)(C)C)C(=O)O)N1CCC(C)(CC1)OC/C=C/C[C@@H](C)Oc1cc(F)ccc1-c1cccc-3c1. The number of pyridine rings is 1. The number of benzene rings is 2. The van der Waals surface area contributed by atoms with E-state index in [4.69, 9.17) is 19.2 Å². The molecule has 0 aliphatic carbocycles. The van der Waals surface area contributed by atoms with Gasteiger partial charge in [0.15, 0.2) is 6.10 Å². The molecule has 8 nitrogen and oxygen atoms in total. The first-order valence-electron chi connectivity index (χ1n) is 16.3. The van der Waals surface area contributed by atoms with Crippen molar-refractivity contribution in [3.8, 4) is 28.1 Å². The van der Waals surface area contributed by atoms with Gasteiger partial charge in [-0.2, -0.15) is 0 Å². The van der Waals surface area contributed by atoms with E-state index < -0.39 is 17.7 Å². The Kier molecular flexibility index (Phi) is 8.89. The summed E-state index contributed by atoms with van der Waals surface area (Å²) in [6.45, 7) is 13.5. The Balaban J connectivity index is 1.54. The van der Waals surface area contributed by atoms with Crippen molar-refractivity contribution in [1.82, 2.24) is 9.38 Å². The highest BCUT2D eigenvalue weighted by molar-refractivity contribution is 5.80. The summed E-state index contributed by atoms with van der Waals surface area (Å²) in [5.74, 6) is -0.159. The number of piperidine rings is 1. The molecule has 1 fully saturated rings. The number of carbonyl (C=O) groups is 1. The van der Waals surface area contributed by atoms with Crippen LogP contribution in [0.5, 0.6) is 5.75 Å². The van der Waals surface area contributed by atoms with Crippen molar-refractivity contribution in [3.63, 3.8) is 0 Å². The highest BCUT2D eigenvalue weighted by Crippen LogP contribution is 2.40. The fraction of sp³-hybridized carbons (Fsp3) is 0.421. The average molecular weight is 642 g/mol. The number of aliphatic carboxylic acids is 1. The molecule has 1 N–H and O–H groups in total. The predicted octanol–water partition coefficient (Wildman–Crippen LogP) is 8.16. The number of carboxylic acids is 1. The van der Waals surface area contributed by atoms with Gasteiger partial charge < -0.3 is 24.2 Å². The van der Waals surface area contributed by atoms with Crippen LogP contribution in [0, 0.1) is 12.7 Å². The minimum Gasteiger partial charge on any atom is -0.490 e. The van der Waals surface area contributed by atoms with Crippen LogP contribution >= 0.6 is 0 Å². The number of carboxylic acid groups (broad SMARTS) is 1. The molecule has 248 valence electrons. The molecule has 2 atom stereocenters. The second kappa shape index (κ2) is 12.8. The molecule has 47 heavy (non-hydrogen) atoms. The summed E-state index contributed by atoms with van der Waals surface area (Å²) in [7, 11) is 0. The number of hydrogen-bond acceptors (Lipinski definition) is 6. The van der Waals surface area contributed by atoms with E-state index in [1.807, 2.05) is 87.7 Å². The quantitative estimate of drug-likeness (QED) is 0.226. The maximum Gasteiger partial charge on any atom is 0.337 e. The van der Waals surface area contributed by atoms with Crippen LogP contribution < -0.4 is 9.64 Å². The third-order valence-corrected chi connectivity index (χ3v) is 8.96. The third kappa shape index (κ3) is 7.06. The summed E-state index contributed by atoms with van der Waals surface area (Å²) in [6, 6.07) is 14.5. The lowest BCUT2D eigenvalue weighted by atomic mass is 9.92. The van der Waals surface area contributed by atoms with Crippen molar-refractivity contribution >= 4 is 17.4 Å². The molecular weight excluding hydrogens is 597 g/mol. The van der Waals surface area contributed by atoms with Crippen LogP contribution in [0.4, 0.5) is 10.2 Å². The minimum atomic E-state index is -1.18. The van der Waals surface area contributed by atoms with E-state index in [0.717, 1.165) is 46.6 Å². The van der Waals surface area contributed by atoms with Crippen LogP contribution in [0.25, 0.3) is 28.0 Å². The number of hydrogen-bond donors (Lipinski definition) is 1. The summed E-state index contributed by atoms with van der Waals surface area (Å²) in [6.07, 6.45) is 6.86. The van der Waals surface area contributed by atoms with Gasteiger partial charge in [0.25, 0.3) is 0 Å². The molecule has 9 heteroatoms. The van der Waals surface area contributed by atoms with Gasteiger partial charge in [-0.1, -0.05) is 30.4 Å². The third-order valence-electron chi connectivity index (χ3n) is 8.96. The van der Waals surface area contributed by atoms with Crippen molar-refractivity contribution in [3.05, 3.63) is 83.8 Å². The molecule has 2 aromatic carbocycles. The van der Waals surface area contributed by atoms with E-state index in [1.165, 1.54) is 12.1 Å². The Hall–Kier alpha value is -4.21. The Morgan fingerprint density at radius 3 is 2.57 bits per heavy atom. The molecule has 2 aromatic heterocycles. The zero-order valence-corrected chi connectivity index (χ0v) is 28.0. The predicted molar refractivity (Wildman–Crippen MR) is 182 cm³/mol. The van der Waals surface area contributed by atoms with Gasteiger partial charge in [-0.05, 0) is 89.8 Å². The second-order valence-corrected chi connectivity index (χ2v) is 14.0. The van der Waals surface area contributed by atoms with Gasteiger partial charge in [0.1, 0.15) is 23.0 Å². The fourth-order valence-corrected chi connectivity index (χ4v) is 6.50. The Labute approximate surface area is 275 Å². The molecule has 6 bridgehead atoms. The van der Waals surface area contributed by atoms with Crippen LogP contribution in [0.1, 0.15) is 71.1 Å². The Bertz CT molecular complexity index is 1820. The number of aromatic nitrogens is 2. The van der Waals surface area contributed by atoms with Crippen molar-refractivity contribution < 1.29 is 28.5 Å². The largest absolute Gasteiger partial charge is 0.490 e. The summed E-state index contributed by atoms with van der Waals surface area (Å²) < 4.78 is 35.4. The summed E-state index contributed by atoms with van der Waals surface area (Å²) >= 11 is 0. The van der Waals surface area contributed by atoms with Crippen molar-refractivity contribution in [1.29, 1.82) is 0 Å². The molecule has 0 amide bonds. The van der Waals surface area contributed by atoms with Gasteiger partial charge in [0.2, 0.25) is 0 Å². The van der Waals surface area contributed by atoms with Crippen LogP contribution in [0.3, 0.4) is 0 Å². The van der Waals surface area contributed by atoms with Crippen LogP contribution in [0.2, 0.25) is 0 Å². The van der Waals surface area contributed by atoms with Gasteiger partial charge in [0, 0.05) is 48.5 Å². The Morgan fingerprint density at radius 2 is 1.85 bits per heavy atom. The molecule has 3 aliphatic rings. The summed E-state index contributed by atoms with van der Waals surface area (Å²) in [5.41, 5.74) is 4.36. The molecule has 4 aromatic rings. The second-order valence-electron chi connectivity index (χ2n) is 14.0. The van der Waals surface area contributed by atoms with Gasteiger partial charge in [-0.3, -0.25) is 4.40 Å². The average Bonchev–Trinajstić information content (AvgIpc) is 3.43. The number of ether oxygens (including phenoxy) is 3. The van der Waals surface area contributed by atoms with E-state index in [0.29, 0.717) is 43.1 Å². The van der Waals surface area contributed by atoms with Gasteiger partial charge in [-0.15, -0.1) is 0 Å². The minimum absolute atomic E-state index is 0.175. The lowest BCUT2D eigenvalue weighted by Crippen LogP contribution is -2.45. The standard InChI is InChI=1S/C38H44FN3O5/c1-24-20-32-40-30-23-42(32)35(33(24)34(36(43)44)47-37(3,4)5)41-17-15-38(6,16-18-41)45-19-8-7-10-25(2)46-31-22-28(39)13-14-29(31)26-11-9-12-27(30)21-26/h7-9,11-14,20-23,25,34H,10,15-19H2,1-6H3,(H,43,44)/b8-7+/t25-,34+/m1/s1. The number of halogens is 1. The monoisotopic (exact) mass is 641 g/mol. The first-order valence-corrected chi connectivity index (χ1v) is 16.3. The van der Waals surface area contributed by atoms with Gasteiger partial charge in [-0.25, -0.2) is 14.2 Å². The topological polar surface area (TPSA) is 85.5 Å². The molecular formula is C38H44FN3O5. The molecule has 0 saturated carbocycles. The van der Waals surface area contributed by atoms with Crippen LogP contribution in [-0.2, 0) is 14.3 Å². The number of aryl methyl sites for hydroxylation is 1. The van der Waals surface area contributed by atoms with Crippen molar-refractivity contribution in [2.75, 3.05) is 24.6 Å². The number of rotatable bonds is 3. The fourth-order valence-electron chi connectivity index (χ4n) is 6.50. The van der Waals surface area contributed by atoms with E-state index in [9.17, 15) is 14.3 Å². The normalized spacial score (nSPS) is 21.7. The van der Waals surface area contributed by atoms with Crippen LogP contribution in [-0.4, -0.2) is 57.5 Å². The van der Waals surface area contributed by atoms with E-state index >= 15 is 0 Å². The summed E-state index contributed by atoms with van der Waals surface area (Å²) in [4.78, 5) is 20.1.